The molecule has 0 saturated heterocycles. The van der Waals surface area contributed by atoms with Gasteiger partial charge in [-0.25, -0.2) is 4.79 Å². The minimum absolute atomic E-state index is 0.0595. The van der Waals surface area contributed by atoms with Crippen molar-refractivity contribution in [2.24, 2.45) is 0 Å². The molecule has 0 saturated carbocycles. The van der Waals surface area contributed by atoms with Crippen molar-refractivity contribution < 1.29 is 14.7 Å². The van der Waals surface area contributed by atoms with Crippen LogP contribution < -0.4 is 11.0 Å². The second-order valence-corrected chi connectivity index (χ2v) is 2.73. The van der Waals surface area contributed by atoms with Crippen LogP contribution in [-0.2, 0) is 4.74 Å². The number of benzene rings is 1. The Morgan fingerprint density at radius 3 is 2.87 bits per heavy atom. The summed E-state index contributed by atoms with van der Waals surface area (Å²) >= 11 is 0. The highest BCUT2D eigenvalue weighted by Crippen LogP contribution is 2.25. The van der Waals surface area contributed by atoms with Gasteiger partial charge < -0.3 is 20.9 Å². The van der Waals surface area contributed by atoms with E-state index in [2.05, 4.69) is 0 Å². The van der Waals surface area contributed by atoms with Crippen molar-refractivity contribution in [3.05, 3.63) is 29.0 Å². The molecule has 82 valence electrons. The maximum Gasteiger partial charge on any atom is 0.340 e. The third kappa shape index (κ3) is 2.36. The van der Waals surface area contributed by atoms with Crippen LogP contribution in [0.15, 0.2) is 18.2 Å². The molecule has 1 rings (SSSR count). The molecule has 0 spiro atoms. The van der Waals surface area contributed by atoms with Gasteiger partial charge in [0.2, 0.25) is 0 Å². The van der Waals surface area contributed by atoms with Gasteiger partial charge in [0.1, 0.15) is 0 Å². The number of carbonyl (C=O) groups is 1. The molecule has 6 nitrogen and oxygen atoms in total. The molecule has 0 unspecified atom stereocenters. The standard InChI is InChI=1S/C9H11N2O4/c1-2-15-9(12)6-4-3-5-7(8(6)10)11(13)14/h3-5,13H,2,10H2,1H3/q-1. The van der Waals surface area contributed by atoms with E-state index in [9.17, 15) is 10.0 Å². The zero-order chi connectivity index (χ0) is 11.4. The lowest BCUT2D eigenvalue weighted by Gasteiger charge is -2.23. The maximum atomic E-state index is 11.3. The number of nitrogens with two attached hydrogens (primary N) is 1. The topological polar surface area (TPSA) is 98.8 Å². The zero-order valence-electron chi connectivity index (χ0n) is 8.14. The van der Waals surface area contributed by atoms with Crippen molar-refractivity contribution in [1.29, 1.82) is 0 Å². The summed E-state index contributed by atoms with van der Waals surface area (Å²) in [6.07, 6.45) is 0. The van der Waals surface area contributed by atoms with Gasteiger partial charge in [0, 0.05) is 0 Å². The summed E-state index contributed by atoms with van der Waals surface area (Å²) < 4.78 is 4.72. The average molecular weight is 211 g/mol. The van der Waals surface area contributed by atoms with Gasteiger partial charge in [-0.15, -0.1) is 0 Å². The van der Waals surface area contributed by atoms with Crippen molar-refractivity contribution in [2.45, 2.75) is 6.92 Å². The first-order valence-corrected chi connectivity index (χ1v) is 4.29. The van der Waals surface area contributed by atoms with Crippen molar-refractivity contribution in [3.63, 3.8) is 0 Å². The average Bonchev–Trinajstić information content (AvgIpc) is 2.17. The minimum atomic E-state index is -0.626. The summed E-state index contributed by atoms with van der Waals surface area (Å²) in [6, 6.07) is 4.14. The molecule has 0 aliphatic rings. The van der Waals surface area contributed by atoms with Crippen molar-refractivity contribution in [2.75, 3.05) is 17.6 Å². The Hall–Kier alpha value is -1.79. The number of anilines is 2. The Bertz CT molecular complexity index is 365. The molecule has 15 heavy (non-hydrogen) atoms. The predicted octanol–water partition coefficient (Wildman–Crippen LogP) is 1.14. The van der Waals surface area contributed by atoms with Gasteiger partial charge in [0.05, 0.1) is 23.5 Å². The molecule has 1 aromatic carbocycles. The number of rotatable bonds is 3. The van der Waals surface area contributed by atoms with E-state index in [0.717, 1.165) is 0 Å². The lowest BCUT2D eigenvalue weighted by Crippen LogP contribution is -2.14. The van der Waals surface area contributed by atoms with Gasteiger partial charge in [0.25, 0.3) is 0 Å². The van der Waals surface area contributed by atoms with E-state index in [0.29, 0.717) is 0 Å². The molecule has 0 aromatic heterocycles. The van der Waals surface area contributed by atoms with Crippen molar-refractivity contribution >= 4 is 17.3 Å². The lowest BCUT2D eigenvalue weighted by atomic mass is 10.1. The van der Waals surface area contributed by atoms with E-state index in [1.54, 1.807) is 6.92 Å². The van der Waals surface area contributed by atoms with Crippen LogP contribution in [0.5, 0.6) is 0 Å². The highest BCUT2D eigenvalue weighted by atomic mass is 16.8. The smallest absolute Gasteiger partial charge is 0.340 e. The van der Waals surface area contributed by atoms with Crippen LogP contribution in [0.1, 0.15) is 17.3 Å². The molecule has 6 heteroatoms. The lowest BCUT2D eigenvalue weighted by molar-refractivity contribution is 0.0527. The van der Waals surface area contributed by atoms with E-state index in [-0.39, 0.29) is 23.5 Å². The van der Waals surface area contributed by atoms with E-state index < -0.39 is 11.2 Å². The minimum Gasteiger partial charge on any atom is -0.733 e. The Morgan fingerprint density at radius 1 is 1.67 bits per heavy atom. The van der Waals surface area contributed by atoms with Gasteiger partial charge in [-0.2, -0.15) is 0 Å². The largest absolute Gasteiger partial charge is 0.733 e. The van der Waals surface area contributed by atoms with Gasteiger partial charge in [0.15, 0.2) is 0 Å². The summed E-state index contributed by atoms with van der Waals surface area (Å²) in [7, 11) is 0. The number of para-hydroxylation sites is 1. The second-order valence-electron chi connectivity index (χ2n) is 2.73. The van der Waals surface area contributed by atoms with Crippen molar-refractivity contribution in [3.8, 4) is 0 Å². The molecule has 0 aliphatic carbocycles. The number of nitrogens with zero attached hydrogens (tertiary/aromatic N) is 1. The molecule has 0 bridgehead atoms. The summed E-state index contributed by atoms with van der Waals surface area (Å²) in [6.45, 7) is 1.87. The third-order valence-electron chi connectivity index (χ3n) is 1.78. The van der Waals surface area contributed by atoms with Crippen LogP contribution in [0.25, 0.3) is 0 Å². The van der Waals surface area contributed by atoms with Gasteiger partial charge in [-0.05, 0) is 19.1 Å². The maximum absolute atomic E-state index is 11.3. The number of esters is 1. The zero-order valence-corrected chi connectivity index (χ0v) is 8.14. The Labute approximate surface area is 86.4 Å². The highest BCUT2D eigenvalue weighted by Gasteiger charge is 2.13. The fourth-order valence-electron chi connectivity index (χ4n) is 1.11. The van der Waals surface area contributed by atoms with Crippen LogP contribution in [0, 0.1) is 5.21 Å². The van der Waals surface area contributed by atoms with E-state index >= 15 is 0 Å². The summed E-state index contributed by atoms with van der Waals surface area (Å²) in [4.78, 5) is 11.3. The first-order chi connectivity index (χ1) is 7.07. The van der Waals surface area contributed by atoms with Crippen LogP contribution in [0.4, 0.5) is 11.4 Å². The molecular formula is C9H11N2O4-. The molecular weight excluding hydrogens is 200 g/mol. The van der Waals surface area contributed by atoms with Gasteiger partial charge in [-0.1, -0.05) is 6.07 Å². The fourth-order valence-corrected chi connectivity index (χ4v) is 1.11. The molecule has 0 amide bonds. The first-order valence-electron chi connectivity index (χ1n) is 4.29. The monoisotopic (exact) mass is 211 g/mol. The molecule has 0 atom stereocenters. The fraction of sp³-hybridized carbons (Fsp3) is 0.222. The molecule has 3 N–H and O–H groups in total. The van der Waals surface area contributed by atoms with E-state index in [1.165, 1.54) is 18.2 Å². The van der Waals surface area contributed by atoms with E-state index in [4.69, 9.17) is 15.7 Å². The van der Waals surface area contributed by atoms with Crippen LogP contribution in [-0.4, -0.2) is 17.8 Å². The van der Waals surface area contributed by atoms with Crippen molar-refractivity contribution in [1.82, 2.24) is 0 Å². The Balaban J connectivity index is 3.09. The SMILES string of the molecule is CCOC(=O)c1cccc(N([O-])O)c1N. The quantitative estimate of drug-likeness (QED) is 0.442. The Kier molecular flexibility index (Phi) is 3.48. The van der Waals surface area contributed by atoms with Crippen LogP contribution >= 0.6 is 0 Å². The molecule has 0 fully saturated rings. The molecule has 0 radical (unpaired) electrons. The predicted molar refractivity (Wildman–Crippen MR) is 54.4 cm³/mol. The van der Waals surface area contributed by atoms with Crippen LogP contribution in [0.2, 0.25) is 0 Å². The summed E-state index contributed by atoms with van der Waals surface area (Å²) in [5.41, 5.74) is 5.29. The number of carbonyl (C=O) groups excluding carboxylic acids is 1. The number of ether oxygens (including phenoxy) is 1. The normalized spacial score (nSPS) is 9.80. The first kappa shape index (κ1) is 11.3. The molecule has 0 heterocycles. The highest BCUT2D eigenvalue weighted by molar-refractivity contribution is 5.98. The van der Waals surface area contributed by atoms with Gasteiger partial charge >= 0.3 is 5.97 Å². The second kappa shape index (κ2) is 4.63. The third-order valence-corrected chi connectivity index (χ3v) is 1.78. The van der Waals surface area contributed by atoms with Gasteiger partial charge in [-0.3, -0.25) is 5.21 Å². The molecule has 1 aromatic rings. The Morgan fingerprint density at radius 2 is 2.33 bits per heavy atom. The molecule has 0 aliphatic heterocycles. The number of hydrogen-bond acceptors (Lipinski definition) is 6. The number of hydrogen-bond donors (Lipinski definition) is 2. The number of nitrogen functional groups attached to an aromatic ring is 1. The summed E-state index contributed by atoms with van der Waals surface area (Å²) in [5.74, 6) is -0.626. The van der Waals surface area contributed by atoms with Crippen LogP contribution in [0.3, 0.4) is 0 Å². The van der Waals surface area contributed by atoms with E-state index in [1.807, 2.05) is 0 Å². The summed E-state index contributed by atoms with van der Waals surface area (Å²) in [5, 5.41) is 18.9.